The van der Waals surface area contributed by atoms with Crippen molar-refractivity contribution in [2.75, 3.05) is 7.05 Å². The van der Waals surface area contributed by atoms with Gasteiger partial charge in [-0.2, -0.15) is 0 Å². The van der Waals surface area contributed by atoms with Crippen molar-refractivity contribution in [3.05, 3.63) is 49.4 Å². The fraction of sp³-hybridized carbons (Fsp3) is 0.400. The molecule has 0 aliphatic heterocycles. The SMILES string of the molecule is CNC(Cc1nc(C)c(C)s1)c1cc(C)ccc1Br. The predicted molar refractivity (Wildman–Crippen MR) is 86.0 cm³/mol. The first-order valence-corrected chi connectivity index (χ1v) is 7.98. The molecule has 2 rings (SSSR count). The lowest BCUT2D eigenvalue weighted by Crippen LogP contribution is -2.19. The Labute approximate surface area is 127 Å². The summed E-state index contributed by atoms with van der Waals surface area (Å²) in [6.07, 6.45) is 0.928. The largest absolute Gasteiger partial charge is 0.313 e. The molecule has 1 aromatic carbocycles. The Morgan fingerprint density at radius 2 is 2.05 bits per heavy atom. The Morgan fingerprint density at radius 3 is 2.63 bits per heavy atom. The molecule has 0 radical (unpaired) electrons. The van der Waals surface area contributed by atoms with E-state index in [0.29, 0.717) is 6.04 Å². The number of rotatable bonds is 4. The second-order valence-corrected chi connectivity index (χ2v) is 6.96. The van der Waals surface area contributed by atoms with E-state index < -0.39 is 0 Å². The van der Waals surface area contributed by atoms with Crippen LogP contribution < -0.4 is 5.32 Å². The summed E-state index contributed by atoms with van der Waals surface area (Å²) < 4.78 is 1.16. The first-order chi connectivity index (χ1) is 9.01. The van der Waals surface area contributed by atoms with E-state index >= 15 is 0 Å². The summed E-state index contributed by atoms with van der Waals surface area (Å²) in [6.45, 7) is 6.33. The van der Waals surface area contributed by atoms with Gasteiger partial charge in [0.05, 0.1) is 10.7 Å². The number of aromatic nitrogens is 1. The Kier molecular flexibility index (Phi) is 4.76. The number of halogens is 1. The van der Waals surface area contributed by atoms with Gasteiger partial charge in [-0.15, -0.1) is 11.3 Å². The monoisotopic (exact) mass is 338 g/mol. The average molecular weight is 339 g/mol. The minimum atomic E-state index is 0.291. The van der Waals surface area contributed by atoms with E-state index in [1.165, 1.54) is 21.0 Å². The molecule has 0 aliphatic carbocycles. The quantitative estimate of drug-likeness (QED) is 0.897. The lowest BCUT2D eigenvalue weighted by molar-refractivity contribution is 0.587. The van der Waals surface area contributed by atoms with Crippen molar-refractivity contribution in [2.24, 2.45) is 0 Å². The van der Waals surface area contributed by atoms with Crippen molar-refractivity contribution >= 4 is 27.3 Å². The van der Waals surface area contributed by atoms with Gasteiger partial charge in [-0.3, -0.25) is 0 Å². The molecule has 1 unspecified atom stereocenters. The van der Waals surface area contributed by atoms with Crippen LogP contribution in [0, 0.1) is 20.8 Å². The van der Waals surface area contributed by atoms with Gasteiger partial charge in [0.1, 0.15) is 0 Å². The Bertz CT molecular complexity index is 558. The van der Waals surface area contributed by atoms with Gasteiger partial charge < -0.3 is 5.32 Å². The normalized spacial score (nSPS) is 12.7. The lowest BCUT2D eigenvalue weighted by Gasteiger charge is -2.17. The molecule has 4 heteroatoms. The summed E-state index contributed by atoms with van der Waals surface area (Å²) in [5.74, 6) is 0. The molecule has 0 aliphatic rings. The van der Waals surface area contributed by atoms with Crippen molar-refractivity contribution in [2.45, 2.75) is 33.2 Å². The van der Waals surface area contributed by atoms with E-state index in [-0.39, 0.29) is 0 Å². The third-order valence-electron chi connectivity index (χ3n) is 3.33. The van der Waals surface area contributed by atoms with Crippen LogP contribution in [0.3, 0.4) is 0 Å². The fourth-order valence-corrected chi connectivity index (χ4v) is 3.60. The number of aryl methyl sites for hydroxylation is 3. The van der Waals surface area contributed by atoms with Crippen LogP contribution in [0.1, 0.15) is 32.7 Å². The molecule has 0 bridgehead atoms. The molecule has 1 N–H and O–H groups in total. The van der Waals surface area contributed by atoms with Crippen LogP contribution in [0.5, 0.6) is 0 Å². The molecule has 1 aromatic heterocycles. The van der Waals surface area contributed by atoms with Crippen LogP contribution in [0.25, 0.3) is 0 Å². The van der Waals surface area contributed by atoms with Gasteiger partial charge in [-0.25, -0.2) is 4.98 Å². The number of benzene rings is 1. The first-order valence-electron chi connectivity index (χ1n) is 6.37. The molecule has 0 saturated carbocycles. The summed E-state index contributed by atoms with van der Waals surface area (Å²) >= 11 is 5.44. The minimum Gasteiger partial charge on any atom is -0.313 e. The number of nitrogens with one attached hydrogen (secondary N) is 1. The summed E-state index contributed by atoms with van der Waals surface area (Å²) in [5, 5.41) is 4.60. The standard InChI is InChI=1S/C15H19BrN2S/c1-9-5-6-13(16)12(7-9)14(17-4)8-15-18-10(2)11(3)19-15/h5-7,14,17H,8H2,1-4H3. The third kappa shape index (κ3) is 3.44. The predicted octanol–water partition coefficient (Wildman–Crippen LogP) is 4.33. The summed E-state index contributed by atoms with van der Waals surface area (Å²) in [5.41, 5.74) is 3.73. The fourth-order valence-electron chi connectivity index (χ4n) is 2.10. The summed E-state index contributed by atoms with van der Waals surface area (Å²) in [7, 11) is 2.01. The highest BCUT2D eigenvalue weighted by Crippen LogP contribution is 2.28. The zero-order chi connectivity index (χ0) is 14.0. The second-order valence-electron chi connectivity index (χ2n) is 4.82. The zero-order valence-corrected chi connectivity index (χ0v) is 14.2. The molecule has 19 heavy (non-hydrogen) atoms. The number of thiazole rings is 1. The highest BCUT2D eigenvalue weighted by Gasteiger charge is 2.16. The summed E-state index contributed by atoms with van der Waals surface area (Å²) in [6, 6.07) is 6.77. The highest BCUT2D eigenvalue weighted by molar-refractivity contribution is 9.10. The molecular formula is C15H19BrN2S. The maximum Gasteiger partial charge on any atom is 0.0949 e. The Hall–Kier alpha value is -0.710. The van der Waals surface area contributed by atoms with Crippen LogP contribution in [0.2, 0.25) is 0 Å². The molecule has 0 fully saturated rings. The van der Waals surface area contributed by atoms with E-state index in [0.717, 1.165) is 16.6 Å². The molecule has 2 nitrogen and oxygen atoms in total. The molecule has 0 saturated heterocycles. The lowest BCUT2D eigenvalue weighted by atomic mass is 10.0. The molecular weight excluding hydrogens is 320 g/mol. The summed E-state index contributed by atoms with van der Waals surface area (Å²) in [4.78, 5) is 5.95. The van der Waals surface area contributed by atoms with Gasteiger partial charge in [-0.05, 0) is 39.4 Å². The molecule has 2 aromatic rings. The minimum absolute atomic E-state index is 0.291. The van der Waals surface area contributed by atoms with E-state index in [2.05, 4.69) is 65.2 Å². The van der Waals surface area contributed by atoms with Crippen LogP contribution in [-0.2, 0) is 6.42 Å². The molecule has 1 atom stereocenters. The van der Waals surface area contributed by atoms with Gasteiger partial charge in [0.25, 0.3) is 0 Å². The van der Waals surface area contributed by atoms with Crippen LogP contribution in [-0.4, -0.2) is 12.0 Å². The smallest absolute Gasteiger partial charge is 0.0949 e. The van der Waals surface area contributed by atoms with Gasteiger partial charge in [0.2, 0.25) is 0 Å². The maximum atomic E-state index is 4.64. The second kappa shape index (κ2) is 6.16. The van der Waals surface area contributed by atoms with E-state index in [1.807, 2.05) is 7.05 Å². The Morgan fingerprint density at radius 1 is 1.32 bits per heavy atom. The van der Waals surface area contributed by atoms with Crippen molar-refractivity contribution < 1.29 is 0 Å². The van der Waals surface area contributed by atoms with Gasteiger partial charge in [-0.1, -0.05) is 33.6 Å². The number of hydrogen-bond donors (Lipinski definition) is 1. The molecule has 1 heterocycles. The first kappa shape index (κ1) is 14.7. The highest BCUT2D eigenvalue weighted by atomic mass is 79.9. The topological polar surface area (TPSA) is 24.9 Å². The Balaban J connectivity index is 2.27. The maximum absolute atomic E-state index is 4.64. The van der Waals surface area contributed by atoms with E-state index in [9.17, 15) is 0 Å². The van der Waals surface area contributed by atoms with Crippen molar-refractivity contribution in [3.8, 4) is 0 Å². The van der Waals surface area contributed by atoms with Crippen LogP contribution >= 0.6 is 27.3 Å². The van der Waals surface area contributed by atoms with Crippen LogP contribution in [0.4, 0.5) is 0 Å². The van der Waals surface area contributed by atoms with Gasteiger partial charge in [0.15, 0.2) is 0 Å². The molecule has 0 amide bonds. The van der Waals surface area contributed by atoms with E-state index in [1.54, 1.807) is 11.3 Å². The van der Waals surface area contributed by atoms with Gasteiger partial charge in [0, 0.05) is 21.8 Å². The third-order valence-corrected chi connectivity index (χ3v) is 5.14. The zero-order valence-electron chi connectivity index (χ0n) is 11.7. The number of likely N-dealkylation sites (N-methyl/N-ethyl adjacent to an activating group) is 1. The number of nitrogens with zero attached hydrogens (tertiary/aromatic N) is 1. The molecule has 102 valence electrons. The van der Waals surface area contributed by atoms with Crippen molar-refractivity contribution in [1.29, 1.82) is 0 Å². The molecule has 0 spiro atoms. The number of hydrogen-bond acceptors (Lipinski definition) is 3. The van der Waals surface area contributed by atoms with Crippen LogP contribution in [0.15, 0.2) is 22.7 Å². The van der Waals surface area contributed by atoms with Gasteiger partial charge >= 0.3 is 0 Å². The average Bonchev–Trinajstić information content (AvgIpc) is 2.69. The van der Waals surface area contributed by atoms with Crippen molar-refractivity contribution in [3.63, 3.8) is 0 Å². The van der Waals surface area contributed by atoms with Crippen molar-refractivity contribution in [1.82, 2.24) is 10.3 Å². The van der Waals surface area contributed by atoms with E-state index in [4.69, 9.17) is 0 Å².